The number of benzene rings is 2. The van der Waals surface area contributed by atoms with E-state index in [0.717, 1.165) is 22.7 Å². The first-order valence-electron chi connectivity index (χ1n) is 10.3. The number of furan rings is 1. The van der Waals surface area contributed by atoms with Crippen LogP contribution in [0, 0.1) is 5.82 Å². The first-order valence-corrected chi connectivity index (χ1v) is 10.3. The molecule has 0 bridgehead atoms. The molecule has 7 heteroatoms. The van der Waals surface area contributed by atoms with Crippen LogP contribution >= 0.6 is 0 Å². The van der Waals surface area contributed by atoms with E-state index in [1.807, 2.05) is 54.0 Å². The van der Waals surface area contributed by atoms with Crippen LogP contribution in [-0.2, 0) is 26.2 Å². The van der Waals surface area contributed by atoms with Crippen molar-refractivity contribution in [3.63, 3.8) is 0 Å². The zero-order valence-electron chi connectivity index (χ0n) is 17.6. The number of aromatic nitrogens is 2. The Hall–Kier alpha value is -3.45. The molecule has 0 aliphatic heterocycles. The Morgan fingerprint density at radius 3 is 2.58 bits per heavy atom. The largest absolute Gasteiger partial charge is 0.468 e. The van der Waals surface area contributed by atoms with Crippen LogP contribution in [-0.4, -0.2) is 27.4 Å². The minimum atomic E-state index is -0.312. The summed E-state index contributed by atoms with van der Waals surface area (Å²) in [7, 11) is 1.62. The third-order valence-electron chi connectivity index (χ3n) is 5.30. The molecule has 4 aromatic rings. The van der Waals surface area contributed by atoms with E-state index >= 15 is 0 Å². The molecule has 2 heterocycles. The molecule has 4 rings (SSSR count). The molecule has 1 N–H and O–H groups in total. The molecule has 0 spiro atoms. The second-order valence-corrected chi connectivity index (χ2v) is 7.38. The molecule has 0 saturated heterocycles. The number of aryl methyl sites for hydroxylation is 1. The van der Waals surface area contributed by atoms with Gasteiger partial charge in [-0.15, -0.1) is 0 Å². The number of para-hydroxylation sites is 1. The summed E-state index contributed by atoms with van der Waals surface area (Å²) in [5.74, 6) is 1.22. The summed E-state index contributed by atoms with van der Waals surface area (Å²) in [6.45, 7) is 4.47. The van der Waals surface area contributed by atoms with E-state index in [1.54, 1.807) is 19.4 Å². The Kier molecular flexibility index (Phi) is 6.13. The smallest absolute Gasteiger partial charge is 0.251 e. The first kappa shape index (κ1) is 20.8. The Morgan fingerprint density at radius 1 is 1.10 bits per heavy atom. The summed E-state index contributed by atoms with van der Waals surface area (Å²) in [5, 5.41) is 2.63. The van der Waals surface area contributed by atoms with Crippen molar-refractivity contribution in [2.45, 2.75) is 33.1 Å². The predicted molar refractivity (Wildman–Crippen MR) is 117 cm³/mol. The molecular formula is C24H25FN4O2. The number of carbonyl (C=O) groups is 1. The van der Waals surface area contributed by atoms with Gasteiger partial charge in [0.2, 0.25) is 0 Å². The van der Waals surface area contributed by atoms with Gasteiger partial charge in [0, 0.05) is 25.7 Å². The lowest BCUT2D eigenvalue weighted by Crippen LogP contribution is -2.24. The van der Waals surface area contributed by atoms with E-state index in [9.17, 15) is 9.18 Å². The number of rotatable bonds is 8. The van der Waals surface area contributed by atoms with E-state index < -0.39 is 0 Å². The Morgan fingerprint density at radius 2 is 1.90 bits per heavy atom. The highest BCUT2D eigenvalue weighted by molar-refractivity contribution is 5.93. The number of imidazole rings is 1. The number of halogens is 1. The Labute approximate surface area is 180 Å². The number of amides is 1. The maximum atomic E-state index is 14.3. The number of carbonyl (C=O) groups excluding carboxylic acids is 1. The van der Waals surface area contributed by atoms with Crippen LogP contribution < -0.4 is 5.32 Å². The molecule has 0 radical (unpaired) electrons. The molecule has 0 unspecified atom stereocenters. The molecule has 0 atom stereocenters. The third kappa shape index (κ3) is 4.51. The van der Waals surface area contributed by atoms with Gasteiger partial charge in [0.15, 0.2) is 5.82 Å². The quantitative estimate of drug-likeness (QED) is 0.460. The summed E-state index contributed by atoms with van der Waals surface area (Å²) >= 11 is 0. The Bertz CT molecular complexity index is 1170. The van der Waals surface area contributed by atoms with Gasteiger partial charge in [-0.25, -0.2) is 9.37 Å². The predicted octanol–water partition coefficient (Wildman–Crippen LogP) is 4.35. The molecule has 0 fully saturated rings. The summed E-state index contributed by atoms with van der Waals surface area (Å²) in [4.78, 5) is 18.6. The summed E-state index contributed by atoms with van der Waals surface area (Å²) in [6, 6.07) is 16.4. The monoisotopic (exact) mass is 420 g/mol. The molecule has 2 aromatic carbocycles. The van der Waals surface area contributed by atoms with Crippen LogP contribution in [0.3, 0.4) is 0 Å². The molecule has 2 aromatic heterocycles. The molecule has 0 aliphatic rings. The van der Waals surface area contributed by atoms with Gasteiger partial charge in [-0.3, -0.25) is 9.69 Å². The standard InChI is InChI=1S/C24H25FN4O2/c1-3-29-21-8-4-7-20(25)23(21)27-22(29)16-28(15-19-6-5-13-31-19)14-17-9-11-18(12-10-17)24(30)26-2/h4-13H,3,14-16H2,1-2H3,(H,26,30). The molecular weight excluding hydrogens is 395 g/mol. The number of hydrogen-bond acceptors (Lipinski definition) is 4. The summed E-state index contributed by atoms with van der Waals surface area (Å²) in [5.41, 5.74) is 2.87. The highest BCUT2D eigenvalue weighted by atomic mass is 19.1. The Balaban J connectivity index is 1.62. The average Bonchev–Trinajstić information content (AvgIpc) is 3.41. The van der Waals surface area contributed by atoms with Gasteiger partial charge in [-0.05, 0) is 48.9 Å². The van der Waals surface area contributed by atoms with Gasteiger partial charge in [0.05, 0.1) is 24.9 Å². The van der Waals surface area contributed by atoms with Crippen molar-refractivity contribution in [2.75, 3.05) is 7.05 Å². The second kappa shape index (κ2) is 9.14. The maximum absolute atomic E-state index is 14.3. The van der Waals surface area contributed by atoms with E-state index in [1.165, 1.54) is 6.07 Å². The average molecular weight is 420 g/mol. The van der Waals surface area contributed by atoms with Crippen molar-refractivity contribution in [1.82, 2.24) is 19.8 Å². The summed E-state index contributed by atoms with van der Waals surface area (Å²) in [6.07, 6.45) is 1.66. The van der Waals surface area contributed by atoms with Crippen molar-refractivity contribution < 1.29 is 13.6 Å². The van der Waals surface area contributed by atoms with Crippen LogP contribution in [0.15, 0.2) is 65.3 Å². The molecule has 1 amide bonds. The molecule has 31 heavy (non-hydrogen) atoms. The number of nitrogens with one attached hydrogen (secondary N) is 1. The third-order valence-corrected chi connectivity index (χ3v) is 5.30. The highest BCUT2D eigenvalue weighted by Gasteiger charge is 2.17. The van der Waals surface area contributed by atoms with Crippen LogP contribution in [0.2, 0.25) is 0 Å². The molecule has 160 valence electrons. The lowest BCUT2D eigenvalue weighted by atomic mass is 10.1. The fraction of sp³-hybridized carbons (Fsp3) is 0.250. The number of hydrogen-bond donors (Lipinski definition) is 1. The first-order chi connectivity index (χ1) is 15.1. The van der Waals surface area contributed by atoms with E-state index in [4.69, 9.17) is 4.42 Å². The lowest BCUT2D eigenvalue weighted by molar-refractivity contribution is 0.0963. The van der Waals surface area contributed by atoms with Gasteiger partial charge in [0.25, 0.3) is 5.91 Å². The zero-order chi connectivity index (χ0) is 21.8. The van der Waals surface area contributed by atoms with Gasteiger partial charge >= 0.3 is 0 Å². The summed E-state index contributed by atoms with van der Waals surface area (Å²) < 4.78 is 21.9. The van der Waals surface area contributed by atoms with Crippen molar-refractivity contribution in [3.05, 3.63) is 89.4 Å². The second-order valence-electron chi connectivity index (χ2n) is 7.38. The molecule has 6 nitrogen and oxygen atoms in total. The van der Waals surface area contributed by atoms with E-state index in [2.05, 4.69) is 15.2 Å². The van der Waals surface area contributed by atoms with Gasteiger partial charge < -0.3 is 14.3 Å². The van der Waals surface area contributed by atoms with E-state index in [0.29, 0.717) is 37.3 Å². The topological polar surface area (TPSA) is 63.3 Å². The van der Waals surface area contributed by atoms with Crippen LogP contribution in [0.1, 0.15) is 34.4 Å². The number of fused-ring (bicyclic) bond motifs is 1. The number of nitrogens with zero attached hydrogens (tertiary/aromatic N) is 3. The maximum Gasteiger partial charge on any atom is 0.251 e. The van der Waals surface area contributed by atoms with Gasteiger partial charge in [-0.1, -0.05) is 18.2 Å². The van der Waals surface area contributed by atoms with Gasteiger partial charge in [0.1, 0.15) is 17.1 Å². The van der Waals surface area contributed by atoms with Crippen molar-refractivity contribution in [3.8, 4) is 0 Å². The molecule has 0 saturated carbocycles. The van der Waals surface area contributed by atoms with Crippen molar-refractivity contribution >= 4 is 16.9 Å². The van der Waals surface area contributed by atoms with Crippen LogP contribution in [0.25, 0.3) is 11.0 Å². The van der Waals surface area contributed by atoms with Gasteiger partial charge in [-0.2, -0.15) is 0 Å². The fourth-order valence-corrected chi connectivity index (χ4v) is 3.79. The van der Waals surface area contributed by atoms with Crippen LogP contribution in [0.5, 0.6) is 0 Å². The highest BCUT2D eigenvalue weighted by Crippen LogP contribution is 2.22. The van der Waals surface area contributed by atoms with Crippen molar-refractivity contribution in [1.29, 1.82) is 0 Å². The minimum absolute atomic E-state index is 0.113. The van der Waals surface area contributed by atoms with E-state index in [-0.39, 0.29) is 11.7 Å². The molecule has 0 aliphatic carbocycles. The minimum Gasteiger partial charge on any atom is -0.468 e. The fourth-order valence-electron chi connectivity index (χ4n) is 3.79. The normalized spacial score (nSPS) is 11.4. The zero-order valence-corrected chi connectivity index (χ0v) is 17.6. The lowest BCUT2D eigenvalue weighted by Gasteiger charge is -2.21. The van der Waals surface area contributed by atoms with Crippen LogP contribution in [0.4, 0.5) is 4.39 Å². The van der Waals surface area contributed by atoms with Crippen molar-refractivity contribution in [2.24, 2.45) is 0 Å². The SMILES string of the molecule is CCn1c(CN(Cc2ccc(C(=O)NC)cc2)Cc2ccco2)nc2c(F)cccc21.